The predicted molar refractivity (Wildman–Crippen MR) is 66.0 cm³/mol. The van der Waals surface area contributed by atoms with E-state index >= 15 is 0 Å². The average molecular weight is 249 g/mol. The number of carboxylic acids is 1. The molecule has 0 aliphatic carbocycles. The van der Waals surface area contributed by atoms with Crippen LogP contribution < -0.4 is 9.64 Å². The highest BCUT2D eigenvalue weighted by Gasteiger charge is 2.30. The van der Waals surface area contributed by atoms with Crippen LogP contribution in [0.5, 0.6) is 5.75 Å². The van der Waals surface area contributed by atoms with Crippen molar-refractivity contribution in [3.63, 3.8) is 0 Å². The van der Waals surface area contributed by atoms with Gasteiger partial charge < -0.3 is 14.7 Å². The first kappa shape index (κ1) is 12.4. The summed E-state index contributed by atoms with van der Waals surface area (Å²) in [5.41, 5.74) is 1.62. The fourth-order valence-corrected chi connectivity index (χ4v) is 2.28. The summed E-state index contributed by atoms with van der Waals surface area (Å²) in [6, 6.07) is 5.37. The Labute approximate surface area is 105 Å². The Morgan fingerprint density at radius 2 is 2.28 bits per heavy atom. The fraction of sp³-hybridized carbons (Fsp3) is 0.385. The molecule has 5 nitrogen and oxygen atoms in total. The molecule has 0 radical (unpaired) electrons. The average Bonchev–Trinajstić information content (AvgIpc) is 2.34. The molecule has 2 rings (SSSR count). The summed E-state index contributed by atoms with van der Waals surface area (Å²) in [6.07, 6.45) is 0.183. The van der Waals surface area contributed by atoms with Crippen molar-refractivity contribution in [1.82, 2.24) is 0 Å². The van der Waals surface area contributed by atoms with Crippen molar-refractivity contribution in [1.29, 1.82) is 0 Å². The summed E-state index contributed by atoms with van der Waals surface area (Å²) < 4.78 is 5.14. The first-order valence-electron chi connectivity index (χ1n) is 5.69. The number of hydrogen-bond donors (Lipinski definition) is 1. The Balaban J connectivity index is 2.45. The Morgan fingerprint density at radius 1 is 1.56 bits per heavy atom. The third-order valence-electron chi connectivity index (χ3n) is 3.25. The Hall–Kier alpha value is -2.04. The van der Waals surface area contributed by atoms with E-state index in [1.165, 1.54) is 0 Å². The number of nitrogens with zero attached hydrogens (tertiary/aromatic N) is 1. The van der Waals surface area contributed by atoms with Crippen LogP contribution in [-0.2, 0) is 9.59 Å². The van der Waals surface area contributed by atoms with E-state index in [1.807, 2.05) is 6.07 Å². The van der Waals surface area contributed by atoms with Crippen LogP contribution in [0.2, 0.25) is 0 Å². The Kier molecular flexibility index (Phi) is 3.23. The van der Waals surface area contributed by atoms with Crippen LogP contribution in [0.3, 0.4) is 0 Å². The number of carbonyl (C=O) groups is 2. The lowest BCUT2D eigenvalue weighted by Gasteiger charge is -2.31. The van der Waals surface area contributed by atoms with Gasteiger partial charge >= 0.3 is 5.97 Å². The second-order valence-corrected chi connectivity index (χ2v) is 4.38. The van der Waals surface area contributed by atoms with E-state index in [1.54, 1.807) is 31.2 Å². The largest absolute Gasteiger partial charge is 0.497 e. The minimum atomic E-state index is -0.897. The lowest BCUT2D eigenvalue weighted by atomic mass is 9.87. The van der Waals surface area contributed by atoms with Crippen molar-refractivity contribution in [2.24, 2.45) is 0 Å². The number of carbonyl (C=O) groups excluding carboxylic acids is 1. The molecular weight excluding hydrogens is 234 g/mol. The SMILES string of the molecule is COc1ccc2c(c1)C(CC(=O)O)CC(=O)N2C. The molecule has 1 unspecified atom stereocenters. The van der Waals surface area contributed by atoms with E-state index in [2.05, 4.69) is 0 Å². The maximum atomic E-state index is 11.8. The van der Waals surface area contributed by atoms with Crippen molar-refractivity contribution >= 4 is 17.6 Å². The monoisotopic (exact) mass is 249 g/mol. The van der Waals surface area contributed by atoms with Gasteiger partial charge in [0.1, 0.15) is 5.75 Å². The third-order valence-corrected chi connectivity index (χ3v) is 3.25. The number of amides is 1. The normalized spacial score (nSPS) is 18.4. The van der Waals surface area contributed by atoms with E-state index in [0.717, 1.165) is 11.3 Å². The summed E-state index contributed by atoms with van der Waals surface area (Å²) in [4.78, 5) is 24.2. The van der Waals surface area contributed by atoms with Gasteiger partial charge in [-0.05, 0) is 23.8 Å². The minimum Gasteiger partial charge on any atom is -0.497 e. The van der Waals surface area contributed by atoms with Gasteiger partial charge in [0.05, 0.1) is 13.5 Å². The molecule has 0 aromatic heterocycles. The lowest BCUT2D eigenvalue weighted by Crippen LogP contribution is -2.33. The molecule has 1 heterocycles. The molecule has 0 bridgehead atoms. The lowest BCUT2D eigenvalue weighted by molar-refractivity contribution is -0.137. The van der Waals surface area contributed by atoms with Gasteiger partial charge in [0.25, 0.3) is 0 Å². The van der Waals surface area contributed by atoms with Gasteiger partial charge in [-0.3, -0.25) is 9.59 Å². The Bertz CT molecular complexity index is 498. The standard InChI is InChI=1S/C13H15NO4/c1-14-11-4-3-9(18-2)7-10(11)8(5-12(14)15)6-13(16)17/h3-4,7-8H,5-6H2,1-2H3,(H,16,17). The molecule has 0 saturated carbocycles. The molecule has 1 aromatic carbocycles. The third kappa shape index (κ3) is 2.16. The number of fused-ring (bicyclic) bond motifs is 1. The molecule has 1 amide bonds. The molecule has 18 heavy (non-hydrogen) atoms. The zero-order chi connectivity index (χ0) is 13.3. The van der Waals surface area contributed by atoms with Gasteiger partial charge in [-0.2, -0.15) is 0 Å². The van der Waals surface area contributed by atoms with Gasteiger partial charge in [0.15, 0.2) is 0 Å². The zero-order valence-electron chi connectivity index (χ0n) is 10.3. The molecule has 0 fully saturated rings. The number of methoxy groups -OCH3 is 1. The highest BCUT2D eigenvalue weighted by atomic mass is 16.5. The number of aliphatic carboxylic acids is 1. The molecular formula is C13H15NO4. The van der Waals surface area contributed by atoms with Crippen molar-refractivity contribution in [3.05, 3.63) is 23.8 Å². The smallest absolute Gasteiger partial charge is 0.303 e. The van der Waals surface area contributed by atoms with Gasteiger partial charge in [-0.1, -0.05) is 0 Å². The highest BCUT2D eigenvalue weighted by Crippen LogP contribution is 2.39. The van der Waals surface area contributed by atoms with Crippen LogP contribution in [0.25, 0.3) is 0 Å². The van der Waals surface area contributed by atoms with E-state index in [0.29, 0.717) is 5.75 Å². The summed E-state index contributed by atoms with van der Waals surface area (Å²) in [7, 11) is 3.26. The number of benzene rings is 1. The van der Waals surface area contributed by atoms with Crippen molar-refractivity contribution in [2.45, 2.75) is 18.8 Å². The van der Waals surface area contributed by atoms with Crippen LogP contribution >= 0.6 is 0 Å². The predicted octanol–water partition coefficient (Wildman–Crippen LogP) is 1.62. The molecule has 96 valence electrons. The second kappa shape index (κ2) is 4.68. The van der Waals surface area contributed by atoms with Gasteiger partial charge in [0, 0.05) is 25.1 Å². The van der Waals surface area contributed by atoms with E-state index in [4.69, 9.17) is 9.84 Å². The van der Waals surface area contributed by atoms with Gasteiger partial charge in [0.2, 0.25) is 5.91 Å². The van der Waals surface area contributed by atoms with Crippen LogP contribution in [0.4, 0.5) is 5.69 Å². The summed E-state index contributed by atoms with van der Waals surface area (Å²) in [6.45, 7) is 0. The number of carboxylic acid groups (broad SMARTS) is 1. The van der Waals surface area contributed by atoms with Crippen LogP contribution in [0, 0.1) is 0 Å². The number of anilines is 1. The molecule has 5 heteroatoms. The highest BCUT2D eigenvalue weighted by molar-refractivity contribution is 5.97. The second-order valence-electron chi connectivity index (χ2n) is 4.38. The maximum absolute atomic E-state index is 11.8. The minimum absolute atomic E-state index is 0.0419. The van der Waals surface area contributed by atoms with Crippen molar-refractivity contribution < 1.29 is 19.4 Å². The number of ether oxygens (including phenoxy) is 1. The topological polar surface area (TPSA) is 66.8 Å². The van der Waals surface area contributed by atoms with Gasteiger partial charge in [-0.15, -0.1) is 0 Å². The molecule has 1 aliphatic heterocycles. The fourth-order valence-electron chi connectivity index (χ4n) is 2.28. The quantitative estimate of drug-likeness (QED) is 0.884. The van der Waals surface area contributed by atoms with Crippen molar-refractivity contribution in [2.75, 3.05) is 19.1 Å². The molecule has 0 spiro atoms. The molecule has 1 N–H and O–H groups in total. The van der Waals surface area contributed by atoms with Crippen molar-refractivity contribution in [3.8, 4) is 5.75 Å². The van der Waals surface area contributed by atoms with Crippen LogP contribution in [0.1, 0.15) is 24.3 Å². The van der Waals surface area contributed by atoms with E-state index < -0.39 is 5.97 Å². The molecule has 0 saturated heterocycles. The molecule has 1 aromatic rings. The van der Waals surface area contributed by atoms with E-state index in [-0.39, 0.29) is 24.7 Å². The first-order chi connectivity index (χ1) is 8.52. The Morgan fingerprint density at radius 3 is 2.89 bits per heavy atom. The van der Waals surface area contributed by atoms with Crippen LogP contribution in [0.15, 0.2) is 18.2 Å². The van der Waals surface area contributed by atoms with Crippen LogP contribution in [-0.4, -0.2) is 31.1 Å². The molecule has 1 aliphatic rings. The number of hydrogen-bond acceptors (Lipinski definition) is 3. The summed E-state index contributed by atoms with van der Waals surface area (Å²) in [5.74, 6) is -0.562. The summed E-state index contributed by atoms with van der Waals surface area (Å²) >= 11 is 0. The zero-order valence-corrected chi connectivity index (χ0v) is 10.3. The summed E-state index contributed by atoms with van der Waals surface area (Å²) in [5, 5.41) is 8.91. The van der Waals surface area contributed by atoms with Gasteiger partial charge in [-0.25, -0.2) is 0 Å². The maximum Gasteiger partial charge on any atom is 0.303 e. The first-order valence-corrected chi connectivity index (χ1v) is 5.69. The van der Waals surface area contributed by atoms with E-state index in [9.17, 15) is 9.59 Å². The molecule has 1 atom stereocenters. The number of rotatable bonds is 3.